The molecule has 0 spiro atoms. The lowest BCUT2D eigenvalue weighted by atomic mass is 9.95. The van der Waals surface area contributed by atoms with Crippen molar-refractivity contribution >= 4 is 5.82 Å². The fourth-order valence-electron chi connectivity index (χ4n) is 3.96. The van der Waals surface area contributed by atoms with Gasteiger partial charge in [-0.1, -0.05) is 12.8 Å². The quantitative estimate of drug-likeness (QED) is 0.907. The third kappa shape index (κ3) is 2.36. The highest BCUT2D eigenvalue weighted by Crippen LogP contribution is 2.38. The van der Waals surface area contributed by atoms with Gasteiger partial charge in [0.1, 0.15) is 5.82 Å². The molecule has 2 fully saturated rings. The lowest BCUT2D eigenvalue weighted by Crippen LogP contribution is -2.36. The first kappa shape index (κ1) is 12.9. The van der Waals surface area contributed by atoms with Gasteiger partial charge in [-0.2, -0.15) is 0 Å². The van der Waals surface area contributed by atoms with Crippen molar-refractivity contribution in [2.75, 3.05) is 11.4 Å². The summed E-state index contributed by atoms with van der Waals surface area (Å²) in [4.78, 5) is 7.22. The molecule has 1 aliphatic carbocycles. The molecule has 3 rings (SSSR count). The van der Waals surface area contributed by atoms with Gasteiger partial charge in [-0.05, 0) is 50.2 Å². The highest BCUT2D eigenvalue weighted by atomic mass is 15.2. The summed E-state index contributed by atoms with van der Waals surface area (Å²) < 4.78 is 0. The molecule has 0 aromatic carbocycles. The molecule has 2 N–H and O–H groups in total. The lowest BCUT2D eigenvalue weighted by molar-refractivity contribution is 0.428. The van der Waals surface area contributed by atoms with Crippen molar-refractivity contribution in [3.05, 3.63) is 23.4 Å². The minimum atomic E-state index is 0.600. The van der Waals surface area contributed by atoms with Crippen LogP contribution in [-0.2, 0) is 6.54 Å². The molecule has 1 atom stereocenters. The molecule has 0 radical (unpaired) electrons. The summed E-state index contributed by atoms with van der Waals surface area (Å²) in [6.45, 7) is 3.90. The number of aryl methyl sites for hydroxylation is 1. The van der Waals surface area contributed by atoms with E-state index in [9.17, 15) is 0 Å². The molecule has 1 saturated carbocycles. The molecule has 2 aliphatic rings. The monoisotopic (exact) mass is 259 g/mol. The summed E-state index contributed by atoms with van der Waals surface area (Å²) in [5.41, 5.74) is 8.48. The Balaban J connectivity index is 1.89. The summed E-state index contributed by atoms with van der Waals surface area (Å²) in [5, 5.41) is 0. The maximum atomic E-state index is 5.95. The summed E-state index contributed by atoms with van der Waals surface area (Å²) in [5.74, 6) is 2.05. The average Bonchev–Trinajstić information content (AvgIpc) is 3.09. The molecule has 1 aromatic heterocycles. The molecule has 19 heavy (non-hydrogen) atoms. The van der Waals surface area contributed by atoms with Crippen LogP contribution in [0.1, 0.15) is 49.7 Å². The van der Waals surface area contributed by atoms with E-state index in [-0.39, 0.29) is 0 Å². The van der Waals surface area contributed by atoms with Gasteiger partial charge in [-0.15, -0.1) is 0 Å². The average molecular weight is 259 g/mol. The Morgan fingerprint density at radius 1 is 1.26 bits per heavy atom. The number of pyridine rings is 1. The third-order valence-electron chi connectivity index (χ3n) is 4.99. The van der Waals surface area contributed by atoms with Crippen molar-refractivity contribution in [1.82, 2.24) is 4.98 Å². The summed E-state index contributed by atoms with van der Waals surface area (Å²) in [6, 6.07) is 2.79. The van der Waals surface area contributed by atoms with Crippen LogP contribution in [0, 0.1) is 12.8 Å². The molecule has 1 aliphatic heterocycles. The molecule has 2 heterocycles. The number of hydrogen-bond donors (Lipinski definition) is 1. The van der Waals surface area contributed by atoms with Gasteiger partial charge in [-0.25, -0.2) is 4.98 Å². The van der Waals surface area contributed by atoms with Crippen LogP contribution in [0.2, 0.25) is 0 Å². The zero-order valence-corrected chi connectivity index (χ0v) is 11.9. The smallest absolute Gasteiger partial charge is 0.133 e. The first-order chi connectivity index (χ1) is 9.31. The summed E-state index contributed by atoms with van der Waals surface area (Å²) >= 11 is 0. The van der Waals surface area contributed by atoms with Crippen molar-refractivity contribution in [3.63, 3.8) is 0 Å². The normalized spacial score (nSPS) is 24.3. The number of nitrogens with two attached hydrogens (primary N) is 1. The second-order valence-corrected chi connectivity index (χ2v) is 6.08. The molecule has 0 bridgehead atoms. The second-order valence-electron chi connectivity index (χ2n) is 6.08. The zero-order valence-electron chi connectivity index (χ0n) is 11.9. The van der Waals surface area contributed by atoms with Gasteiger partial charge in [0.2, 0.25) is 0 Å². The molecule has 1 unspecified atom stereocenters. The van der Waals surface area contributed by atoms with E-state index in [2.05, 4.69) is 22.9 Å². The molecule has 3 nitrogen and oxygen atoms in total. The van der Waals surface area contributed by atoms with Gasteiger partial charge >= 0.3 is 0 Å². The van der Waals surface area contributed by atoms with Crippen molar-refractivity contribution in [2.45, 2.75) is 58.0 Å². The Labute approximate surface area is 116 Å². The van der Waals surface area contributed by atoms with E-state index in [1.807, 2.05) is 6.20 Å². The predicted octanol–water partition coefficient (Wildman–Crippen LogP) is 3.01. The van der Waals surface area contributed by atoms with E-state index in [1.54, 1.807) is 0 Å². The van der Waals surface area contributed by atoms with Gasteiger partial charge in [0.25, 0.3) is 0 Å². The van der Waals surface area contributed by atoms with Crippen molar-refractivity contribution < 1.29 is 0 Å². The molecule has 0 amide bonds. The first-order valence-corrected chi connectivity index (χ1v) is 7.72. The fraction of sp³-hybridized carbons (Fsp3) is 0.688. The standard InChI is InChI=1S/C16H25N3/c1-12-8-9-18-16(14(12)11-17)19-10-4-7-15(19)13-5-2-3-6-13/h8-9,13,15H,2-7,10-11,17H2,1H3. The van der Waals surface area contributed by atoms with Gasteiger partial charge < -0.3 is 10.6 Å². The zero-order chi connectivity index (χ0) is 13.2. The van der Waals surface area contributed by atoms with Gasteiger partial charge in [0.05, 0.1) is 0 Å². The molecule has 1 saturated heterocycles. The molecule has 1 aromatic rings. The Morgan fingerprint density at radius 2 is 2.05 bits per heavy atom. The van der Waals surface area contributed by atoms with E-state index in [1.165, 1.54) is 49.7 Å². The van der Waals surface area contributed by atoms with E-state index >= 15 is 0 Å². The maximum absolute atomic E-state index is 5.95. The van der Waals surface area contributed by atoms with Crippen molar-refractivity contribution in [1.29, 1.82) is 0 Å². The van der Waals surface area contributed by atoms with Crippen LogP contribution in [0.25, 0.3) is 0 Å². The van der Waals surface area contributed by atoms with Crippen LogP contribution < -0.4 is 10.6 Å². The van der Waals surface area contributed by atoms with Gasteiger partial charge in [0.15, 0.2) is 0 Å². The lowest BCUT2D eigenvalue weighted by Gasteiger charge is -2.32. The number of hydrogen-bond acceptors (Lipinski definition) is 3. The highest BCUT2D eigenvalue weighted by Gasteiger charge is 2.34. The first-order valence-electron chi connectivity index (χ1n) is 7.72. The molecule has 104 valence electrons. The minimum absolute atomic E-state index is 0.600. The number of aromatic nitrogens is 1. The van der Waals surface area contributed by atoms with Crippen LogP contribution in [0.3, 0.4) is 0 Å². The van der Waals surface area contributed by atoms with Crippen LogP contribution in [0.4, 0.5) is 5.82 Å². The van der Waals surface area contributed by atoms with E-state index < -0.39 is 0 Å². The number of nitrogens with zero attached hydrogens (tertiary/aromatic N) is 2. The van der Waals surface area contributed by atoms with Gasteiger partial charge in [0, 0.05) is 30.9 Å². The Morgan fingerprint density at radius 3 is 2.79 bits per heavy atom. The van der Waals surface area contributed by atoms with E-state index in [0.717, 1.165) is 18.3 Å². The topological polar surface area (TPSA) is 42.2 Å². The van der Waals surface area contributed by atoms with Crippen molar-refractivity contribution in [2.24, 2.45) is 11.7 Å². The molecular formula is C16H25N3. The Kier molecular flexibility index (Phi) is 3.74. The Hall–Kier alpha value is -1.09. The fourth-order valence-corrected chi connectivity index (χ4v) is 3.96. The minimum Gasteiger partial charge on any atom is -0.353 e. The van der Waals surface area contributed by atoms with Crippen LogP contribution in [0.15, 0.2) is 12.3 Å². The number of rotatable bonds is 3. The highest BCUT2D eigenvalue weighted by molar-refractivity contribution is 5.52. The van der Waals surface area contributed by atoms with Crippen molar-refractivity contribution in [3.8, 4) is 0 Å². The Bertz CT molecular complexity index is 438. The second kappa shape index (κ2) is 5.49. The van der Waals surface area contributed by atoms with E-state index in [4.69, 9.17) is 5.73 Å². The van der Waals surface area contributed by atoms with Gasteiger partial charge in [-0.3, -0.25) is 0 Å². The van der Waals surface area contributed by atoms with Crippen LogP contribution in [0.5, 0.6) is 0 Å². The van der Waals surface area contributed by atoms with Crippen LogP contribution in [-0.4, -0.2) is 17.6 Å². The molecular weight excluding hydrogens is 234 g/mol. The third-order valence-corrected chi connectivity index (χ3v) is 4.99. The van der Waals surface area contributed by atoms with Crippen LogP contribution >= 0.6 is 0 Å². The summed E-state index contributed by atoms with van der Waals surface area (Å²) in [7, 11) is 0. The maximum Gasteiger partial charge on any atom is 0.133 e. The molecule has 3 heteroatoms. The van der Waals surface area contributed by atoms with E-state index in [0.29, 0.717) is 12.6 Å². The largest absolute Gasteiger partial charge is 0.353 e. The SMILES string of the molecule is Cc1ccnc(N2CCCC2C2CCCC2)c1CN. The number of anilines is 1. The predicted molar refractivity (Wildman–Crippen MR) is 79.2 cm³/mol. The summed E-state index contributed by atoms with van der Waals surface area (Å²) in [6.07, 6.45) is 10.2.